The number of carbonyl (C=O) groups excluding carboxylic acids is 1. The van der Waals surface area contributed by atoms with Gasteiger partial charge in [-0.2, -0.15) is 0 Å². The van der Waals surface area contributed by atoms with Crippen molar-refractivity contribution >= 4 is 5.91 Å². The first-order valence-corrected chi connectivity index (χ1v) is 8.73. The van der Waals surface area contributed by atoms with Gasteiger partial charge in [0.2, 0.25) is 0 Å². The average molecular weight is 341 g/mol. The van der Waals surface area contributed by atoms with Crippen molar-refractivity contribution in [2.45, 2.75) is 40.2 Å². The molecule has 0 aliphatic heterocycles. The fourth-order valence-corrected chi connectivity index (χ4v) is 2.40. The molecule has 4 heteroatoms. The van der Waals surface area contributed by atoms with Crippen LogP contribution in [0.4, 0.5) is 0 Å². The fraction of sp³-hybridized carbons (Fsp3) is 0.381. The summed E-state index contributed by atoms with van der Waals surface area (Å²) in [7, 11) is 0. The SMILES string of the molecule is CCc1ccc(OCCNC(=O)C(C)Oc2cccc(C)c2C)cc1. The summed E-state index contributed by atoms with van der Waals surface area (Å²) < 4.78 is 11.4. The van der Waals surface area contributed by atoms with E-state index < -0.39 is 6.10 Å². The Hall–Kier alpha value is -2.49. The van der Waals surface area contributed by atoms with Gasteiger partial charge in [0.25, 0.3) is 5.91 Å². The van der Waals surface area contributed by atoms with Crippen molar-refractivity contribution in [1.82, 2.24) is 5.32 Å². The van der Waals surface area contributed by atoms with E-state index in [1.807, 2.05) is 56.3 Å². The van der Waals surface area contributed by atoms with Gasteiger partial charge in [0.15, 0.2) is 6.10 Å². The Bertz CT molecular complexity index is 695. The molecule has 0 heterocycles. The molecule has 2 aromatic carbocycles. The summed E-state index contributed by atoms with van der Waals surface area (Å²) in [6.45, 7) is 8.75. The lowest BCUT2D eigenvalue weighted by Gasteiger charge is -2.17. The van der Waals surface area contributed by atoms with Gasteiger partial charge in [-0.1, -0.05) is 31.2 Å². The molecule has 1 atom stereocenters. The Morgan fingerprint density at radius 1 is 1.12 bits per heavy atom. The minimum Gasteiger partial charge on any atom is -0.492 e. The summed E-state index contributed by atoms with van der Waals surface area (Å²) in [5, 5.41) is 2.84. The summed E-state index contributed by atoms with van der Waals surface area (Å²) in [5.41, 5.74) is 3.48. The summed E-state index contributed by atoms with van der Waals surface area (Å²) >= 11 is 0. The van der Waals surface area contributed by atoms with Crippen LogP contribution in [-0.2, 0) is 11.2 Å². The van der Waals surface area contributed by atoms with Crippen LogP contribution in [0.15, 0.2) is 42.5 Å². The molecule has 1 unspecified atom stereocenters. The second-order valence-electron chi connectivity index (χ2n) is 6.10. The molecule has 25 heavy (non-hydrogen) atoms. The van der Waals surface area contributed by atoms with Gasteiger partial charge in [0.1, 0.15) is 18.1 Å². The summed E-state index contributed by atoms with van der Waals surface area (Å²) in [5.74, 6) is 1.41. The molecule has 0 fully saturated rings. The highest BCUT2D eigenvalue weighted by molar-refractivity contribution is 5.80. The minimum atomic E-state index is -0.552. The molecule has 134 valence electrons. The summed E-state index contributed by atoms with van der Waals surface area (Å²) in [6, 6.07) is 13.8. The normalized spacial score (nSPS) is 11.7. The van der Waals surface area contributed by atoms with Crippen LogP contribution >= 0.6 is 0 Å². The number of carbonyl (C=O) groups is 1. The number of benzene rings is 2. The van der Waals surface area contributed by atoms with E-state index in [0.29, 0.717) is 13.2 Å². The number of ether oxygens (including phenoxy) is 2. The lowest BCUT2D eigenvalue weighted by Crippen LogP contribution is -2.38. The molecule has 2 rings (SSSR count). The van der Waals surface area contributed by atoms with Gasteiger partial charge in [-0.3, -0.25) is 4.79 Å². The monoisotopic (exact) mass is 341 g/mol. The van der Waals surface area contributed by atoms with Crippen molar-refractivity contribution in [3.05, 3.63) is 59.2 Å². The topological polar surface area (TPSA) is 47.6 Å². The third kappa shape index (κ3) is 5.52. The quantitative estimate of drug-likeness (QED) is 0.742. The molecule has 0 spiro atoms. The molecule has 0 aromatic heterocycles. The van der Waals surface area contributed by atoms with Crippen molar-refractivity contribution in [2.75, 3.05) is 13.2 Å². The van der Waals surface area contributed by atoms with E-state index in [1.54, 1.807) is 6.92 Å². The molecular formula is C21H27NO3. The number of amides is 1. The molecule has 4 nitrogen and oxygen atoms in total. The Labute approximate surface area is 150 Å². The van der Waals surface area contributed by atoms with E-state index in [9.17, 15) is 4.79 Å². The number of nitrogens with one attached hydrogen (secondary N) is 1. The van der Waals surface area contributed by atoms with E-state index >= 15 is 0 Å². The third-order valence-corrected chi connectivity index (χ3v) is 4.23. The maximum absolute atomic E-state index is 12.1. The molecule has 0 radical (unpaired) electrons. The van der Waals surface area contributed by atoms with Gasteiger partial charge in [-0.15, -0.1) is 0 Å². The molecule has 0 aliphatic carbocycles. The first-order chi connectivity index (χ1) is 12.0. The van der Waals surface area contributed by atoms with E-state index in [2.05, 4.69) is 12.2 Å². The lowest BCUT2D eigenvalue weighted by molar-refractivity contribution is -0.127. The fourth-order valence-electron chi connectivity index (χ4n) is 2.40. The van der Waals surface area contributed by atoms with E-state index in [-0.39, 0.29) is 5.91 Å². The second kappa shape index (κ2) is 9.11. The van der Waals surface area contributed by atoms with Crippen LogP contribution in [0.25, 0.3) is 0 Å². The molecule has 0 saturated carbocycles. The van der Waals surface area contributed by atoms with Gasteiger partial charge in [-0.05, 0) is 62.1 Å². The zero-order valence-corrected chi connectivity index (χ0v) is 15.5. The maximum Gasteiger partial charge on any atom is 0.260 e. The van der Waals surface area contributed by atoms with Gasteiger partial charge in [-0.25, -0.2) is 0 Å². The van der Waals surface area contributed by atoms with Gasteiger partial charge >= 0.3 is 0 Å². The number of rotatable bonds is 8. The van der Waals surface area contributed by atoms with Crippen molar-refractivity contribution in [2.24, 2.45) is 0 Å². The van der Waals surface area contributed by atoms with E-state index in [0.717, 1.165) is 29.0 Å². The highest BCUT2D eigenvalue weighted by Crippen LogP contribution is 2.21. The number of hydrogen-bond donors (Lipinski definition) is 1. The second-order valence-corrected chi connectivity index (χ2v) is 6.10. The molecule has 0 aliphatic rings. The highest BCUT2D eigenvalue weighted by atomic mass is 16.5. The van der Waals surface area contributed by atoms with Gasteiger partial charge < -0.3 is 14.8 Å². The van der Waals surface area contributed by atoms with Gasteiger partial charge in [0.05, 0.1) is 6.54 Å². The van der Waals surface area contributed by atoms with Crippen LogP contribution in [0.5, 0.6) is 11.5 Å². The Kier molecular flexibility index (Phi) is 6.87. The molecule has 1 N–H and O–H groups in total. The van der Waals surface area contributed by atoms with Crippen LogP contribution in [0.2, 0.25) is 0 Å². The van der Waals surface area contributed by atoms with Crippen LogP contribution in [0, 0.1) is 13.8 Å². The van der Waals surface area contributed by atoms with E-state index in [4.69, 9.17) is 9.47 Å². The van der Waals surface area contributed by atoms with E-state index in [1.165, 1.54) is 5.56 Å². The summed E-state index contributed by atoms with van der Waals surface area (Å²) in [6.07, 6.45) is 0.457. The molecule has 1 amide bonds. The van der Waals surface area contributed by atoms with Crippen molar-refractivity contribution in [1.29, 1.82) is 0 Å². The molecule has 0 saturated heterocycles. The first kappa shape index (κ1) is 18.8. The molecule has 2 aromatic rings. The van der Waals surface area contributed by atoms with Gasteiger partial charge in [0, 0.05) is 0 Å². The summed E-state index contributed by atoms with van der Waals surface area (Å²) in [4.78, 5) is 12.1. The Morgan fingerprint density at radius 2 is 1.84 bits per heavy atom. The predicted molar refractivity (Wildman–Crippen MR) is 100 cm³/mol. The van der Waals surface area contributed by atoms with Crippen molar-refractivity contribution in [3.63, 3.8) is 0 Å². The van der Waals surface area contributed by atoms with Crippen molar-refractivity contribution in [3.8, 4) is 11.5 Å². The minimum absolute atomic E-state index is 0.147. The standard InChI is InChI=1S/C21H27NO3/c1-5-18-9-11-19(12-10-18)24-14-13-22-21(23)17(4)25-20-8-6-7-15(2)16(20)3/h6-12,17H,5,13-14H2,1-4H3,(H,22,23). The zero-order valence-electron chi connectivity index (χ0n) is 15.5. The smallest absolute Gasteiger partial charge is 0.260 e. The largest absolute Gasteiger partial charge is 0.492 e. The number of aryl methyl sites for hydroxylation is 2. The third-order valence-electron chi connectivity index (χ3n) is 4.23. The molecule has 0 bridgehead atoms. The average Bonchev–Trinajstić information content (AvgIpc) is 2.62. The lowest BCUT2D eigenvalue weighted by atomic mass is 10.1. The van der Waals surface area contributed by atoms with Crippen LogP contribution in [-0.4, -0.2) is 25.2 Å². The highest BCUT2D eigenvalue weighted by Gasteiger charge is 2.15. The predicted octanol–water partition coefficient (Wildman–Crippen LogP) is 3.83. The number of hydrogen-bond acceptors (Lipinski definition) is 3. The Balaban J connectivity index is 1.74. The van der Waals surface area contributed by atoms with Crippen LogP contribution < -0.4 is 14.8 Å². The van der Waals surface area contributed by atoms with Crippen molar-refractivity contribution < 1.29 is 14.3 Å². The maximum atomic E-state index is 12.1. The zero-order chi connectivity index (χ0) is 18.2. The molecular weight excluding hydrogens is 314 g/mol. The van der Waals surface area contributed by atoms with Crippen LogP contribution in [0.3, 0.4) is 0 Å². The van der Waals surface area contributed by atoms with Crippen LogP contribution in [0.1, 0.15) is 30.5 Å². The first-order valence-electron chi connectivity index (χ1n) is 8.73. The Morgan fingerprint density at radius 3 is 2.52 bits per heavy atom.